The van der Waals surface area contributed by atoms with Crippen LogP contribution in [0, 0.1) is 17.5 Å². The van der Waals surface area contributed by atoms with E-state index >= 15 is 0 Å². The molecule has 0 spiro atoms. The van der Waals surface area contributed by atoms with Crippen molar-refractivity contribution in [1.82, 2.24) is 4.98 Å². The smallest absolute Gasteiger partial charge is 0.261 e. The van der Waals surface area contributed by atoms with Crippen LogP contribution in [0.2, 0.25) is 0 Å². The van der Waals surface area contributed by atoms with Crippen LogP contribution in [0.5, 0.6) is 0 Å². The van der Waals surface area contributed by atoms with Crippen molar-refractivity contribution < 1.29 is 18.0 Å². The van der Waals surface area contributed by atoms with Gasteiger partial charge in [0.25, 0.3) is 5.91 Å². The highest BCUT2D eigenvalue weighted by Crippen LogP contribution is 2.38. The van der Waals surface area contributed by atoms with Crippen molar-refractivity contribution in [3.05, 3.63) is 101 Å². The van der Waals surface area contributed by atoms with Crippen LogP contribution < -0.4 is 10.2 Å². The summed E-state index contributed by atoms with van der Waals surface area (Å²) in [5.41, 5.74) is 2.23. The zero-order valence-corrected chi connectivity index (χ0v) is 16.9. The van der Waals surface area contributed by atoms with Crippen LogP contribution in [-0.2, 0) is 13.0 Å². The van der Waals surface area contributed by atoms with Gasteiger partial charge in [-0.15, -0.1) is 0 Å². The van der Waals surface area contributed by atoms with E-state index in [1.807, 2.05) is 48.5 Å². The van der Waals surface area contributed by atoms with Gasteiger partial charge < -0.3 is 10.2 Å². The molecule has 160 valence electrons. The summed E-state index contributed by atoms with van der Waals surface area (Å²) in [4.78, 5) is 19.8. The molecule has 0 aliphatic carbocycles. The molecule has 0 fully saturated rings. The first-order valence-corrected chi connectivity index (χ1v) is 10.2. The summed E-state index contributed by atoms with van der Waals surface area (Å²) in [7, 11) is 0. The number of carbonyl (C=O) groups excluding carboxylic acids is 1. The molecule has 1 aromatic heterocycles. The highest BCUT2D eigenvalue weighted by atomic mass is 19.1. The number of pyridine rings is 1. The van der Waals surface area contributed by atoms with E-state index in [-0.39, 0.29) is 0 Å². The number of anilines is 2. The largest absolute Gasteiger partial charge is 0.352 e. The van der Waals surface area contributed by atoms with E-state index in [1.165, 1.54) is 0 Å². The number of rotatable bonds is 4. The Morgan fingerprint density at radius 3 is 2.41 bits per heavy atom. The van der Waals surface area contributed by atoms with Gasteiger partial charge in [0.2, 0.25) is 0 Å². The molecule has 32 heavy (non-hydrogen) atoms. The minimum atomic E-state index is -1.25. The van der Waals surface area contributed by atoms with E-state index in [1.54, 1.807) is 6.07 Å². The van der Waals surface area contributed by atoms with Gasteiger partial charge in [-0.2, -0.15) is 0 Å². The average Bonchev–Trinajstić information content (AvgIpc) is 3.16. The zero-order valence-electron chi connectivity index (χ0n) is 16.9. The maximum Gasteiger partial charge on any atom is 0.261 e. The van der Waals surface area contributed by atoms with Crippen LogP contribution in [0.15, 0.2) is 66.7 Å². The number of aromatic nitrogens is 1. The number of hydrogen-bond acceptors (Lipinski definition) is 3. The van der Waals surface area contributed by atoms with Crippen molar-refractivity contribution in [3.63, 3.8) is 0 Å². The fourth-order valence-electron chi connectivity index (χ4n) is 4.13. The molecule has 2 heterocycles. The van der Waals surface area contributed by atoms with E-state index in [4.69, 9.17) is 4.98 Å². The van der Waals surface area contributed by atoms with Crippen molar-refractivity contribution in [3.8, 4) is 0 Å². The van der Waals surface area contributed by atoms with Crippen LogP contribution in [0.1, 0.15) is 21.5 Å². The number of para-hydroxylation sites is 1. The minimum Gasteiger partial charge on any atom is -0.352 e. The Morgan fingerprint density at radius 1 is 0.969 bits per heavy atom. The maximum absolute atomic E-state index is 14.2. The highest BCUT2D eigenvalue weighted by Gasteiger charge is 2.28. The van der Waals surface area contributed by atoms with E-state index in [0.29, 0.717) is 48.2 Å². The van der Waals surface area contributed by atoms with Crippen LogP contribution >= 0.6 is 0 Å². The monoisotopic (exact) mass is 433 g/mol. The summed E-state index contributed by atoms with van der Waals surface area (Å²) in [6.45, 7) is 1.34. The zero-order chi connectivity index (χ0) is 22.2. The van der Waals surface area contributed by atoms with Crippen molar-refractivity contribution in [2.24, 2.45) is 0 Å². The normalized spacial score (nSPS) is 12.8. The number of fused-ring (bicyclic) bond motifs is 2. The minimum absolute atomic E-state index is 0.467. The summed E-state index contributed by atoms with van der Waals surface area (Å²) in [5.74, 6) is -3.83. The van der Waals surface area contributed by atoms with Gasteiger partial charge in [0.05, 0.1) is 11.2 Å². The van der Waals surface area contributed by atoms with Crippen LogP contribution in [-0.4, -0.2) is 17.4 Å². The average molecular weight is 433 g/mol. The second-order valence-electron chi connectivity index (χ2n) is 7.66. The number of carbonyl (C=O) groups is 1. The van der Waals surface area contributed by atoms with Gasteiger partial charge in [-0.1, -0.05) is 48.5 Å². The number of hydrogen-bond donors (Lipinski definition) is 1. The molecule has 0 atom stereocenters. The van der Waals surface area contributed by atoms with Gasteiger partial charge in [-0.3, -0.25) is 4.79 Å². The van der Waals surface area contributed by atoms with Crippen molar-refractivity contribution in [2.75, 3.05) is 16.8 Å². The third-order valence-electron chi connectivity index (χ3n) is 5.59. The second kappa shape index (κ2) is 8.00. The summed E-state index contributed by atoms with van der Waals surface area (Å²) >= 11 is 0. The van der Waals surface area contributed by atoms with Gasteiger partial charge in [-0.25, -0.2) is 18.2 Å². The second-order valence-corrected chi connectivity index (χ2v) is 7.66. The Morgan fingerprint density at radius 2 is 1.66 bits per heavy atom. The molecule has 3 aromatic carbocycles. The summed E-state index contributed by atoms with van der Waals surface area (Å²) < 4.78 is 41.7. The molecule has 7 heteroatoms. The molecule has 0 unspecified atom stereocenters. The molecular weight excluding hydrogens is 415 g/mol. The molecule has 0 bridgehead atoms. The predicted molar refractivity (Wildman–Crippen MR) is 117 cm³/mol. The fraction of sp³-hybridized carbons (Fsp3) is 0.120. The third-order valence-corrected chi connectivity index (χ3v) is 5.59. The molecule has 1 amide bonds. The molecule has 4 nitrogen and oxygen atoms in total. The third kappa shape index (κ3) is 3.56. The van der Waals surface area contributed by atoms with Gasteiger partial charge in [0.15, 0.2) is 0 Å². The van der Waals surface area contributed by atoms with Gasteiger partial charge in [0, 0.05) is 36.2 Å². The first-order chi connectivity index (χ1) is 15.5. The Kier molecular flexibility index (Phi) is 5.01. The van der Waals surface area contributed by atoms with Gasteiger partial charge >= 0.3 is 0 Å². The SMILES string of the molecule is O=C(Nc1c2c(nc3ccccc13)N(Cc1ccccc1)CC2)c1c(F)cc(F)cc1F. The maximum atomic E-state index is 14.2. The van der Waals surface area contributed by atoms with Crippen molar-refractivity contribution in [2.45, 2.75) is 13.0 Å². The molecule has 1 aliphatic heterocycles. The molecule has 1 N–H and O–H groups in total. The lowest BCUT2D eigenvalue weighted by Crippen LogP contribution is -2.20. The Balaban J connectivity index is 1.57. The highest BCUT2D eigenvalue weighted by molar-refractivity contribution is 6.10. The van der Waals surface area contributed by atoms with Crippen molar-refractivity contribution in [1.29, 1.82) is 0 Å². The number of nitrogens with one attached hydrogen (secondary N) is 1. The summed E-state index contributed by atoms with van der Waals surface area (Å²) in [6, 6.07) is 18.2. The Hall–Kier alpha value is -3.87. The Labute approximate surface area is 182 Å². The number of benzene rings is 3. The quantitative estimate of drug-likeness (QED) is 0.464. The lowest BCUT2D eigenvalue weighted by atomic mass is 10.1. The lowest BCUT2D eigenvalue weighted by molar-refractivity contribution is 0.101. The number of nitrogens with zero attached hydrogens (tertiary/aromatic N) is 2. The van der Waals surface area contributed by atoms with Crippen LogP contribution in [0.4, 0.5) is 24.7 Å². The number of amides is 1. The predicted octanol–water partition coefficient (Wildman–Crippen LogP) is 5.47. The van der Waals surface area contributed by atoms with E-state index in [0.717, 1.165) is 16.9 Å². The number of halogens is 3. The molecular formula is C25H18F3N3O. The molecule has 5 rings (SSSR count). The van der Waals surface area contributed by atoms with Crippen LogP contribution in [0.25, 0.3) is 10.9 Å². The first kappa shape index (κ1) is 20.1. The molecule has 0 saturated heterocycles. The Bertz CT molecular complexity index is 1320. The molecule has 0 radical (unpaired) electrons. The fourth-order valence-corrected chi connectivity index (χ4v) is 4.13. The molecule has 4 aromatic rings. The van der Waals surface area contributed by atoms with E-state index in [9.17, 15) is 18.0 Å². The van der Waals surface area contributed by atoms with Crippen molar-refractivity contribution >= 4 is 28.3 Å². The molecule has 0 saturated carbocycles. The van der Waals surface area contributed by atoms with Gasteiger partial charge in [-0.05, 0) is 18.1 Å². The first-order valence-electron chi connectivity index (χ1n) is 10.2. The summed E-state index contributed by atoms with van der Waals surface area (Å²) in [6.07, 6.45) is 0.615. The topological polar surface area (TPSA) is 45.2 Å². The lowest BCUT2D eigenvalue weighted by Gasteiger charge is -2.20. The molecule has 1 aliphatic rings. The summed E-state index contributed by atoms with van der Waals surface area (Å²) in [5, 5.41) is 3.35. The van der Waals surface area contributed by atoms with E-state index in [2.05, 4.69) is 10.2 Å². The van der Waals surface area contributed by atoms with Crippen LogP contribution in [0.3, 0.4) is 0 Å². The van der Waals surface area contributed by atoms with Gasteiger partial charge in [0.1, 0.15) is 28.8 Å². The standard InChI is InChI=1S/C25H18F3N3O/c26-16-12-19(27)22(20(28)13-16)25(32)30-23-17-8-4-5-9-21(17)29-24-18(23)10-11-31(24)14-15-6-2-1-3-7-15/h1-9,12-13H,10-11,14H2,(H,29,30,32). The van der Waals surface area contributed by atoms with E-state index < -0.39 is 28.9 Å².